The molecule has 3 nitrogen and oxygen atoms in total. The molecule has 0 radical (unpaired) electrons. The predicted molar refractivity (Wildman–Crippen MR) is 74.2 cm³/mol. The molecule has 0 aliphatic carbocycles. The second-order valence-corrected chi connectivity index (χ2v) is 4.82. The summed E-state index contributed by atoms with van der Waals surface area (Å²) < 4.78 is 2.94. The Balaban J connectivity index is 2.08. The van der Waals surface area contributed by atoms with Crippen molar-refractivity contribution in [1.29, 1.82) is 0 Å². The number of hydrogen-bond donors (Lipinski definition) is 1. The summed E-state index contributed by atoms with van der Waals surface area (Å²) in [4.78, 5) is 0. The third-order valence-electron chi connectivity index (χ3n) is 2.55. The molecule has 0 aliphatic rings. The highest BCUT2D eigenvalue weighted by atomic mass is 127. The number of nitrogens with zero attached hydrogens (tertiary/aromatic N) is 2. The van der Waals surface area contributed by atoms with E-state index in [2.05, 4.69) is 52.0 Å². The van der Waals surface area contributed by atoms with Crippen LogP contribution in [0.1, 0.15) is 11.3 Å². The number of benzene rings is 1. The van der Waals surface area contributed by atoms with Crippen LogP contribution in [0.3, 0.4) is 0 Å². The fourth-order valence-electron chi connectivity index (χ4n) is 1.63. The Labute approximate surface area is 109 Å². The van der Waals surface area contributed by atoms with Crippen LogP contribution in [0.5, 0.6) is 0 Å². The summed E-state index contributed by atoms with van der Waals surface area (Å²) in [6.45, 7) is 2.82. The van der Waals surface area contributed by atoms with Crippen LogP contribution < -0.4 is 5.73 Å². The summed E-state index contributed by atoms with van der Waals surface area (Å²) in [5.41, 5.74) is 8.28. The highest BCUT2D eigenvalue weighted by Gasteiger charge is 2.08. The van der Waals surface area contributed by atoms with Crippen molar-refractivity contribution < 1.29 is 0 Å². The molecule has 0 unspecified atom stereocenters. The molecule has 0 atom stereocenters. The number of rotatable bonds is 3. The molecular weight excluding hydrogens is 313 g/mol. The summed E-state index contributed by atoms with van der Waals surface area (Å²) in [5.74, 6) is 0.772. The molecule has 0 amide bonds. The normalized spacial score (nSPS) is 10.6. The number of aryl methyl sites for hydroxylation is 3. The van der Waals surface area contributed by atoms with Gasteiger partial charge in [0.05, 0.1) is 9.26 Å². The molecule has 0 aliphatic heterocycles. The molecule has 2 aromatic rings. The van der Waals surface area contributed by atoms with Crippen molar-refractivity contribution in [2.24, 2.45) is 0 Å². The van der Waals surface area contributed by atoms with E-state index in [1.165, 1.54) is 5.56 Å². The first-order valence-electron chi connectivity index (χ1n) is 5.21. The standard InChI is InChI=1S/C12H14IN3/c1-9-11(13)12(14)16(15-9)8-7-10-5-3-2-4-6-10/h2-6H,7-8,14H2,1H3. The molecule has 1 heterocycles. The lowest BCUT2D eigenvalue weighted by atomic mass is 10.1. The second-order valence-electron chi connectivity index (χ2n) is 3.74. The summed E-state index contributed by atoms with van der Waals surface area (Å²) in [5, 5.41) is 4.41. The second kappa shape index (κ2) is 4.86. The zero-order valence-electron chi connectivity index (χ0n) is 9.15. The van der Waals surface area contributed by atoms with Crippen LogP contribution in [0.2, 0.25) is 0 Å². The minimum atomic E-state index is 0.772. The van der Waals surface area contributed by atoms with Crippen molar-refractivity contribution in [3.8, 4) is 0 Å². The van der Waals surface area contributed by atoms with E-state index in [9.17, 15) is 0 Å². The van der Waals surface area contributed by atoms with E-state index >= 15 is 0 Å². The Hall–Kier alpha value is -1.04. The Morgan fingerprint density at radius 1 is 1.31 bits per heavy atom. The van der Waals surface area contributed by atoms with E-state index in [4.69, 9.17) is 5.73 Å². The molecule has 0 spiro atoms. The first-order chi connectivity index (χ1) is 7.68. The van der Waals surface area contributed by atoms with Gasteiger partial charge in [-0.25, -0.2) is 4.68 Å². The smallest absolute Gasteiger partial charge is 0.135 e. The van der Waals surface area contributed by atoms with Gasteiger partial charge in [-0.3, -0.25) is 0 Å². The van der Waals surface area contributed by atoms with Crippen molar-refractivity contribution in [2.45, 2.75) is 19.9 Å². The Morgan fingerprint density at radius 2 is 2.00 bits per heavy atom. The zero-order valence-corrected chi connectivity index (χ0v) is 11.3. The maximum absolute atomic E-state index is 5.96. The monoisotopic (exact) mass is 327 g/mol. The molecule has 0 bridgehead atoms. The van der Waals surface area contributed by atoms with E-state index in [1.807, 2.05) is 17.7 Å². The van der Waals surface area contributed by atoms with Gasteiger partial charge in [0.1, 0.15) is 5.82 Å². The molecule has 2 N–H and O–H groups in total. The van der Waals surface area contributed by atoms with Crippen molar-refractivity contribution in [3.05, 3.63) is 45.2 Å². The van der Waals surface area contributed by atoms with E-state index in [0.717, 1.165) is 28.0 Å². The Morgan fingerprint density at radius 3 is 2.56 bits per heavy atom. The number of nitrogen functional groups attached to an aromatic ring is 1. The van der Waals surface area contributed by atoms with E-state index in [1.54, 1.807) is 0 Å². The third-order valence-corrected chi connectivity index (χ3v) is 3.88. The molecule has 84 valence electrons. The summed E-state index contributed by atoms with van der Waals surface area (Å²) in [6.07, 6.45) is 0.961. The van der Waals surface area contributed by atoms with Crippen LogP contribution in [0.4, 0.5) is 5.82 Å². The largest absolute Gasteiger partial charge is 0.383 e. The van der Waals surface area contributed by atoms with Crippen LogP contribution in [-0.4, -0.2) is 9.78 Å². The molecule has 0 saturated carbocycles. The quantitative estimate of drug-likeness (QED) is 0.881. The molecule has 16 heavy (non-hydrogen) atoms. The lowest BCUT2D eigenvalue weighted by molar-refractivity contribution is 0.618. The van der Waals surface area contributed by atoms with Crippen LogP contribution >= 0.6 is 22.6 Å². The third kappa shape index (κ3) is 2.37. The van der Waals surface area contributed by atoms with Crippen molar-refractivity contribution in [1.82, 2.24) is 9.78 Å². The van der Waals surface area contributed by atoms with Gasteiger partial charge in [-0.15, -0.1) is 0 Å². The minimum Gasteiger partial charge on any atom is -0.383 e. The average molecular weight is 327 g/mol. The molecular formula is C12H14IN3. The van der Waals surface area contributed by atoms with E-state index in [-0.39, 0.29) is 0 Å². The minimum absolute atomic E-state index is 0.772. The van der Waals surface area contributed by atoms with Crippen LogP contribution in [0, 0.1) is 10.5 Å². The predicted octanol–water partition coefficient (Wildman–Crippen LogP) is 2.62. The highest BCUT2D eigenvalue weighted by molar-refractivity contribution is 14.1. The van der Waals surface area contributed by atoms with Gasteiger partial charge < -0.3 is 5.73 Å². The number of halogens is 1. The van der Waals surface area contributed by atoms with E-state index < -0.39 is 0 Å². The molecule has 4 heteroatoms. The van der Waals surface area contributed by atoms with E-state index in [0.29, 0.717) is 0 Å². The van der Waals surface area contributed by atoms with Crippen molar-refractivity contribution in [3.63, 3.8) is 0 Å². The maximum Gasteiger partial charge on any atom is 0.135 e. The van der Waals surface area contributed by atoms with Gasteiger partial charge in [-0.2, -0.15) is 5.10 Å². The van der Waals surface area contributed by atoms with Gasteiger partial charge in [0.25, 0.3) is 0 Å². The van der Waals surface area contributed by atoms with Crippen LogP contribution in [0.15, 0.2) is 30.3 Å². The lowest BCUT2D eigenvalue weighted by Gasteiger charge is -2.04. The topological polar surface area (TPSA) is 43.8 Å². The Kier molecular flexibility index (Phi) is 3.48. The number of nitrogens with two attached hydrogens (primary N) is 1. The summed E-state index contributed by atoms with van der Waals surface area (Å²) >= 11 is 2.24. The van der Waals surface area contributed by atoms with Gasteiger partial charge in [0, 0.05) is 6.54 Å². The average Bonchev–Trinajstić information content (AvgIpc) is 2.56. The van der Waals surface area contributed by atoms with Gasteiger partial charge in [-0.1, -0.05) is 30.3 Å². The first-order valence-corrected chi connectivity index (χ1v) is 6.28. The van der Waals surface area contributed by atoms with Gasteiger partial charge in [-0.05, 0) is 41.5 Å². The number of anilines is 1. The van der Waals surface area contributed by atoms with Gasteiger partial charge in [0.15, 0.2) is 0 Å². The Bertz CT molecular complexity index is 477. The number of hydrogen-bond acceptors (Lipinski definition) is 2. The molecule has 0 saturated heterocycles. The van der Waals surface area contributed by atoms with Crippen molar-refractivity contribution >= 4 is 28.4 Å². The maximum atomic E-state index is 5.96. The fraction of sp³-hybridized carbons (Fsp3) is 0.250. The first kappa shape index (κ1) is 11.4. The van der Waals surface area contributed by atoms with Crippen LogP contribution in [-0.2, 0) is 13.0 Å². The zero-order chi connectivity index (χ0) is 11.5. The summed E-state index contributed by atoms with van der Waals surface area (Å²) in [7, 11) is 0. The summed E-state index contributed by atoms with van der Waals surface area (Å²) in [6, 6.07) is 10.4. The number of aromatic nitrogens is 2. The highest BCUT2D eigenvalue weighted by Crippen LogP contribution is 2.18. The molecule has 1 aromatic heterocycles. The van der Waals surface area contributed by atoms with Gasteiger partial charge in [0.2, 0.25) is 0 Å². The molecule has 1 aromatic carbocycles. The fourth-order valence-corrected chi connectivity index (χ4v) is 2.01. The SMILES string of the molecule is Cc1nn(CCc2ccccc2)c(N)c1I. The van der Waals surface area contributed by atoms with Gasteiger partial charge >= 0.3 is 0 Å². The van der Waals surface area contributed by atoms with Crippen molar-refractivity contribution in [2.75, 3.05) is 5.73 Å². The van der Waals surface area contributed by atoms with Crippen LogP contribution in [0.25, 0.3) is 0 Å². The lowest BCUT2D eigenvalue weighted by Crippen LogP contribution is -2.07. The molecule has 2 rings (SSSR count). The molecule has 0 fully saturated rings.